The van der Waals surface area contributed by atoms with Gasteiger partial charge in [-0.25, -0.2) is 8.78 Å². The number of pyridine rings is 1. The van der Waals surface area contributed by atoms with Crippen LogP contribution >= 0.6 is 11.6 Å². The van der Waals surface area contributed by atoms with Crippen molar-refractivity contribution in [3.05, 3.63) is 40.4 Å². The maximum atomic E-state index is 14.3. The van der Waals surface area contributed by atoms with Gasteiger partial charge in [-0.3, -0.25) is 0 Å². The molecule has 2 saturated heterocycles. The van der Waals surface area contributed by atoms with Crippen molar-refractivity contribution in [3.63, 3.8) is 0 Å². The number of aromatic nitrogens is 3. The van der Waals surface area contributed by atoms with Gasteiger partial charge in [-0.15, -0.1) is 0 Å². The highest BCUT2D eigenvalue weighted by atomic mass is 35.5. The van der Waals surface area contributed by atoms with E-state index in [0.717, 1.165) is 12.1 Å². The lowest BCUT2D eigenvalue weighted by Crippen LogP contribution is -2.34. The van der Waals surface area contributed by atoms with Crippen LogP contribution in [0.2, 0.25) is 5.02 Å². The summed E-state index contributed by atoms with van der Waals surface area (Å²) in [6.07, 6.45) is -2.03. The number of nitrogens with one attached hydrogen (secondary N) is 1. The van der Waals surface area contributed by atoms with Crippen molar-refractivity contribution in [2.45, 2.75) is 31.0 Å². The van der Waals surface area contributed by atoms with E-state index in [1.807, 2.05) is 0 Å². The molecule has 0 radical (unpaired) electrons. The van der Waals surface area contributed by atoms with Crippen LogP contribution in [-0.2, 0) is 16.1 Å². The van der Waals surface area contributed by atoms with Crippen LogP contribution in [0.4, 0.5) is 8.78 Å². The van der Waals surface area contributed by atoms with E-state index >= 15 is 0 Å². The fourth-order valence-corrected chi connectivity index (χ4v) is 4.04. The molecule has 3 aromatic rings. The number of benzene rings is 1. The highest BCUT2D eigenvalue weighted by Crippen LogP contribution is 2.32. The number of aromatic amines is 1. The third-order valence-electron chi connectivity index (χ3n) is 5.45. The fraction of sp³-hybridized carbons (Fsp3) is 0.429. The molecule has 3 N–H and O–H groups in total. The largest absolute Gasteiger partial charge is 0.491 e. The fourth-order valence-electron chi connectivity index (χ4n) is 3.83. The van der Waals surface area contributed by atoms with Crippen LogP contribution in [0.15, 0.2) is 18.2 Å². The first-order chi connectivity index (χ1) is 16.4. The summed E-state index contributed by atoms with van der Waals surface area (Å²) < 4.78 is 56.0. The summed E-state index contributed by atoms with van der Waals surface area (Å²) in [4.78, 5) is 11.4. The first-order valence-corrected chi connectivity index (χ1v) is 10.8. The molecule has 2 aromatic heterocycles. The lowest BCUT2D eigenvalue weighted by atomic mass is 10.1. The molecule has 10 nitrogen and oxygen atoms in total. The zero-order chi connectivity index (χ0) is 23.8. The van der Waals surface area contributed by atoms with Gasteiger partial charge in [-0.1, -0.05) is 11.6 Å². The van der Waals surface area contributed by atoms with Crippen molar-refractivity contribution in [2.75, 3.05) is 26.4 Å². The summed E-state index contributed by atoms with van der Waals surface area (Å²) >= 11 is 6.23. The van der Waals surface area contributed by atoms with E-state index in [9.17, 15) is 13.9 Å². The minimum absolute atomic E-state index is 0.0501. The van der Waals surface area contributed by atoms with Gasteiger partial charge in [0.2, 0.25) is 5.88 Å². The summed E-state index contributed by atoms with van der Waals surface area (Å²) in [5.74, 6) is -1.88. The van der Waals surface area contributed by atoms with E-state index in [4.69, 9.17) is 40.4 Å². The Morgan fingerprint density at radius 1 is 1.09 bits per heavy atom. The SMILES string of the molecule is OCCOc1cc(F)c(COc2nc3nc(O[C@@H]4CO[C@H]5[C@@H]4OC[C@H]5O)[nH]c3cc2Cl)c(F)c1. The lowest BCUT2D eigenvalue weighted by molar-refractivity contribution is 0.00706. The Labute approximate surface area is 196 Å². The smallest absolute Gasteiger partial charge is 0.296 e. The Balaban J connectivity index is 1.29. The maximum absolute atomic E-state index is 14.3. The van der Waals surface area contributed by atoms with Gasteiger partial charge in [0.1, 0.15) is 53.9 Å². The number of hydrogen-bond acceptors (Lipinski definition) is 9. The molecule has 4 atom stereocenters. The number of aliphatic hydroxyl groups is 2. The molecular formula is C21H20ClF2N3O7. The zero-order valence-corrected chi connectivity index (χ0v) is 18.3. The third kappa shape index (κ3) is 4.46. The second-order valence-electron chi connectivity index (χ2n) is 7.73. The standard InChI is InChI=1S/C21H20ClF2N3O7/c22-11-5-14-19(27-21(25-14)34-16-8-32-17-15(29)7-31-18(16)17)26-20(11)33-6-10-12(23)3-9(4-13(10)24)30-2-1-28/h3-5,15-18,28-29H,1-2,6-8H2,(H,25,26,27)/t15-,16-,17-,18-/m1/s1. The molecule has 4 heterocycles. The highest BCUT2D eigenvalue weighted by molar-refractivity contribution is 6.32. The predicted octanol–water partition coefficient (Wildman–Crippen LogP) is 1.75. The van der Waals surface area contributed by atoms with E-state index < -0.39 is 42.7 Å². The van der Waals surface area contributed by atoms with Crippen molar-refractivity contribution >= 4 is 22.8 Å². The van der Waals surface area contributed by atoms with Crippen LogP contribution in [0.25, 0.3) is 11.2 Å². The molecule has 0 saturated carbocycles. The first kappa shape index (κ1) is 23.0. The van der Waals surface area contributed by atoms with E-state index in [2.05, 4.69) is 15.0 Å². The van der Waals surface area contributed by atoms with Gasteiger partial charge in [0.05, 0.1) is 30.9 Å². The number of aliphatic hydroxyl groups excluding tert-OH is 2. The van der Waals surface area contributed by atoms with Gasteiger partial charge in [0, 0.05) is 12.1 Å². The van der Waals surface area contributed by atoms with E-state index in [1.54, 1.807) is 0 Å². The van der Waals surface area contributed by atoms with Gasteiger partial charge >= 0.3 is 0 Å². The van der Waals surface area contributed by atoms with Gasteiger partial charge in [-0.2, -0.15) is 9.97 Å². The van der Waals surface area contributed by atoms with Crippen molar-refractivity contribution < 1.29 is 42.7 Å². The lowest BCUT2D eigenvalue weighted by Gasteiger charge is -2.15. The van der Waals surface area contributed by atoms with Crippen molar-refractivity contribution in [1.29, 1.82) is 0 Å². The minimum Gasteiger partial charge on any atom is -0.491 e. The number of halogens is 3. The summed E-state index contributed by atoms with van der Waals surface area (Å²) in [5.41, 5.74) is 0.332. The Morgan fingerprint density at radius 3 is 2.62 bits per heavy atom. The topological polar surface area (TPSA) is 128 Å². The molecule has 182 valence electrons. The van der Waals surface area contributed by atoms with Crippen molar-refractivity contribution in [3.8, 4) is 17.6 Å². The number of nitrogens with zero attached hydrogens (tertiary/aromatic N) is 2. The van der Waals surface area contributed by atoms with Crippen LogP contribution in [0, 0.1) is 11.6 Å². The first-order valence-electron chi connectivity index (χ1n) is 10.4. The highest BCUT2D eigenvalue weighted by Gasteiger charge is 2.48. The number of fused-ring (bicyclic) bond motifs is 2. The van der Waals surface area contributed by atoms with Crippen LogP contribution in [-0.4, -0.2) is 76.0 Å². The van der Waals surface area contributed by atoms with E-state index in [-0.39, 0.29) is 60.3 Å². The summed E-state index contributed by atoms with van der Waals surface area (Å²) in [6, 6.07) is 3.64. The average Bonchev–Trinajstić information content (AvgIpc) is 3.48. The van der Waals surface area contributed by atoms with Gasteiger partial charge in [0.25, 0.3) is 6.01 Å². The summed E-state index contributed by atoms with van der Waals surface area (Å²) in [7, 11) is 0. The van der Waals surface area contributed by atoms with Crippen LogP contribution in [0.1, 0.15) is 5.56 Å². The van der Waals surface area contributed by atoms with Gasteiger partial charge < -0.3 is 38.9 Å². The zero-order valence-electron chi connectivity index (χ0n) is 17.5. The van der Waals surface area contributed by atoms with Gasteiger partial charge in [0.15, 0.2) is 11.8 Å². The molecule has 2 aliphatic rings. The molecule has 13 heteroatoms. The Hall–Kier alpha value is -2.77. The minimum atomic E-state index is -0.878. The molecule has 5 rings (SSSR count). The molecule has 2 fully saturated rings. The maximum Gasteiger partial charge on any atom is 0.296 e. The second-order valence-corrected chi connectivity index (χ2v) is 8.14. The second kappa shape index (κ2) is 9.47. The summed E-state index contributed by atoms with van der Waals surface area (Å²) in [5, 5.41) is 18.7. The number of hydrogen-bond donors (Lipinski definition) is 3. The van der Waals surface area contributed by atoms with Crippen LogP contribution in [0.3, 0.4) is 0 Å². The van der Waals surface area contributed by atoms with Crippen molar-refractivity contribution in [2.24, 2.45) is 0 Å². The Bertz CT molecular complexity index is 1170. The number of rotatable bonds is 8. The van der Waals surface area contributed by atoms with E-state index in [0.29, 0.717) is 5.52 Å². The van der Waals surface area contributed by atoms with Crippen LogP contribution in [0.5, 0.6) is 17.6 Å². The molecule has 2 aliphatic heterocycles. The number of imidazole rings is 1. The molecule has 0 bridgehead atoms. The average molecular weight is 500 g/mol. The third-order valence-corrected chi connectivity index (χ3v) is 5.72. The van der Waals surface area contributed by atoms with E-state index in [1.165, 1.54) is 6.07 Å². The molecule has 0 amide bonds. The Kier molecular flexibility index (Phi) is 6.40. The number of H-pyrrole nitrogens is 1. The quantitative estimate of drug-likeness (QED) is 0.424. The normalized spacial score (nSPS) is 23.9. The molecular weight excluding hydrogens is 480 g/mol. The molecule has 0 spiro atoms. The van der Waals surface area contributed by atoms with Crippen molar-refractivity contribution in [1.82, 2.24) is 15.0 Å². The monoisotopic (exact) mass is 499 g/mol. The molecule has 1 aromatic carbocycles. The molecule has 0 unspecified atom stereocenters. The van der Waals surface area contributed by atoms with Crippen LogP contribution < -0.4 is 14.2 Å². The van der Waals surface area contributed by atoms with Gasteiger partial charge in [-0.05, 0) is 6.07 Å². The number of ether oxygens (including phenoxy) is 5. The summed E-state index contributed by atoms with van der Waals surface area (Å²) in [6.45, 7) is -0.452. The molecule has 34 heavy (non-hydrogen) atoms. The predicted molar refractivity (Wildman–Crippen MR) is 112 cm³/mol. The molecule has 0 aliphatic carbocycles. The Morgan fingerprint density at radius 2 is 1.85 bits per heavy atom.